The van der Waals surface area contributed by atoms with E-state index < -0.39 is 24.3 Å². The lowest BCUT2D eigenvalue weighted by atomic mass is 9.86. The van der Waals surface area contributed by atoms with Gasteiger partial charge in [0.2, 0.25) is 5.91 Å². The summed E-state index contributed by atoms with van der Waals surface area (Å²) in [5.41, 5.74) is 1.97. The number of aliphatic imine (C=N–C) groups is 1. The monoisotopic (exact) mass is 527 g/mol. The molecule has 2 aliphatic heterocycles. The van der Waals surface area contributed by atoms with Crippen LogP contribution in [0.2, 0.25) is 0 Å². The van der Waals surface area contributed by atoms with Gasteiger partial charge in [0.05, 0.1) is 23.9 Å². The molecule has 9 heteroatoms. The van der Waals surface area contributed by atoms with E-state index in [9.17, 15) is 22.8 Å². The Bertz CT molecular complexity index is 1120. The maximum absolute atomic E-state index is 13.9. The minimum Gasteiger partial charge on any atom is -0.446 e. The second kappa shape index (κ2) is 10.8. The molecule has 38 heavy (non-hydrogen) atoms. The second-order valence-electron chi connectivity index (χ2n) is 10.4. The molecule has 2 aromatic rings. The summed E-state index contributed by atoms with van der Waals surface area (Å²) in [7, 11) is 0. The third kappa shape index (κ3) is 5.42. The number of rotatable bonds is 4. The van der Waals surface area contributed by atoms with Crippen LogP contribution >= 0.6 is 0 Å². The van der Waals surface area contributed by atoms with Crippen molar-refractivity contribution in [2.75, 3.05) is 13.1 Å². The number of hydrogen-bond donors (Lipinski definition) is 0. The molecule has 0 radical (unpaired) electrons. The van der Waals surface area contributed by atoms with Crippen LogP contribution in [0.3, 0.4) is 0 Å². The topological polar surface area (TPSA) is 62.2 Å². The van der Waals surface area contributed by atoms with Crippen LogP contribution in [0.25, 0.3) is 0 Å². The van der Waals surface area contributed by atoms with E-state index in [0.29, 0.717) is 18.8 Å². The standard InChI is InChI=1S/C29H32F3N3O3/c1-19-33-25-18-34(28(37)38-23-14-12-22(13-15-23)29(30,31)32)17-16-24(25)27(36)35(19)26(20-8-4-2-5-9-20)21-10-6-3-7-11-21/h2-11,22-26H,12-18H2,1H3. The molecule has 0 aromatic heterocycles. The summed E-state index contributed by atoms with van der Waals surface area (Å²) in [4.78, 5) is 34.9. The van der Waals surface area contributed by atoms with E-state index in [0.717, 1.165) is 11.1 Å². The molecule has 6 nitrogen and oxygen atoms in total. The lowest BCUT2D eigenvalue weighted by Gasteiger charge is -2.44. The average molecular weight is 528 g/mol. The molecule has 3 aliphatic rings. The molecule has 1 saturated carbocycles. The maximum Gasteiger partial charge on any atom is 0.410 e. The van der Waals surface area contributed by atoms with Crippen molar-refractivity contribution >= 4 is 17.8 Å². The normalized spacial score (nSPS) is 26.1. The molecule has 2 aromatic carbocycles. The zero-order chi connectivity index (χ0) is 26.9. The molecule has 2 amide bonds. The Balaban J connectivity index is 1.29. The molecule has 2 heterocycles. The fourth-order valence-corrected chi connectivity index (χ4v) is 5.96. The quantitative estimate of drug-likeness (QED) is 0.491. The van der Waals surface area contributed by atoms with Crippen LogP contribution in [-0.4, -0.2) is 59.0 Å². The van der Waals surface area contributed by atoms with Crippen LogP contribution < -0.4 is 0 Å². The van der Waals surface area contributed by atoms with Crippen molar-refractivity contribution in [3.05, 3.63) is 71.8 Å². The number of fused-ring (bicyclic) bond motifs is 1. The summed E-state index contributed by atoms with van der Waals surface area (Å²) in [5.74, 6) is -1.11. The van der Waals surface area contributed by atoms with Gasteiger partial charge in [0.15, 0.2) is 0 Å². The number of likely N-dealkylation sites (tertiary alicyclic amines) is 1. The lowest BCUT2D eigenvalue weighted by Crippen LogP contribution is -2.56. The van der Waals surface area contributed by atoms with Gasteiger partial charge >= 0.3 is 12.3 Å². The van der Waals surface area contributed by atoms with E-state index >= 15 is 0 Å². The van der Waals surface area contributed by atoms with Crippen LogP contribution in [0.15, 0.2) is 65.7 Å². The SMILES string of the molecule is CC1=NC2CN(C(=O)OC3CCC(C(F)(F)F)CC3)CCC2C(=O)N1C(c1ccccc1)c1ccccc1. The minimum absolute atomic E-state index is 0.0151. The Morgan fingerprint density at radius 2 is 1.53 bits per heavy atom. The molecule has 0 spiro atoms. The highest BCUT2D eigenvalue weighted by Gasteiger charge is 2.45. The van der Waals surface area contributed by atoms with Crippen LogP contribution in [-0.2, 0) is 9.53 Å². The molecule has 1 aliphatic carbocycles. The Labute approximate surface area is 220 Å². The van der Waals surface area contributed by atoms with Crippen LogP contribution in [0, 0.1) is 11.8 Å². The van der Waals surface area contributed by atoms with Crippen molar-refractivity contribution in [2.24, 2.45) is 16.8 Å². The van der Waals surface area contributed by atoms with Crippen molar-refractivity contribution < 1.29 is 27.5 Å². The number of amidine groups is 1. The summed E-state index contributed by atoms with van der Waals surface area (Å²) in [6.45, 7) is 2.41. The maximum atomic E-state index is 13.9. The van der Waals surface area contributed by atoms with Crippen molar-refractivity contribution in [3.8, 4) is 0 Å². The summed E-state index contributed by atoms with van der Waals surface area (Å²) >= 11 is 0. The van der Waals surface area contributed by atoms with Gasteiger partial charge in [-0.1, -0.05) is 60.7 Å². The molecule has 0 N–H and O–H groups in total. The van der Waals surface area contributed by atoms with Crippen molar-refractivity contribution in [1.29, 1.82) is 0 Å². The van der Waals surface area contributed by atoms with Crippen LogP contribution in [0.5, 0.6) is 0 Å². The summed E-state index contributed by atoms with van der Waals surface area (Å²) in [6.07, 6.45) is -4.43. The highest BCUT2D eigenvalue weighted by Crippen LogP contribution is 2.39. The van der Waals surface area contributed by atoms with Crippen molar-refractivity contribution in [2.45, 2.75) is 63.4 Å². The Morgan fingerprint density at radius 1 is 0.947 bits per heavy atom. The van der Waals surface area contributed by atoms with Crippen LogP contribution in [0.1, 0.15) is 56.2 Å². The van der Waals surface area contributed by atoms with Gasteiger partial charge in [-0.25, -0.2) is 4.79 Å². The molecular weight excluding hydrogens is 495 g/mol. The third-order valence-electron chi connectivity index (χ3n) is 7.99. The minimum atomic E-state index is -4.20. The molecule has 1 saturated heterocycles. The van der Waals surface area contributed by atoms with Gasteiger partial charge in [-0.15, -0.1) is 0 Å². The molecule has 2 unspecified atom stereocenters. The molecule has 2 fully saturated rings. The number of alkyl halides is 3. The molecule has 2 atom stereocenters. The van der Waals surface area contributed by atoms with Crippen molar-refractivity contribution in [1.82, 2.24) is 9.80 Å². The first-order valence-electron chi connectivity index (χ1n) is 13.2. The molecule has 5 rings (SSSR count). The fraction of sp³-hybridized carbons (Fsp3) is 0.483. The van der Waals surface area contributed by atoms with E-state index in [1.165, 1.54) is 0 Å². The van der Waals surface area contributed by atoms with E-state index in [4.69, 9.17) is 9.73 Å². The van der Waals surface area contributed by atoms with Crippen molar-refractivity contribution in [3.63, 3.8) is 0 Å². The van der Waals surface area contributed by atoms with E-state index in [-0.39, 0.29) is 56.1 Å². The Morgan fingerprint density at radius 3 is 2.08 bits per heavy atom. The highest BCUT2D eigenvalue weighted by atomic mass is 19.4. The number of carbonyl (C=O) groups is 2. The predicted octanol–water partition coefficient (Wildman–Crippen LogP) is 5.98. The predicted molar refractivity (Wildman–Crippen MR) is 136 cm³/mol. The largest absolute Gasteiger partial charge is 0.446 e. The number of ether oxygens (including phenoxy) is 1. The van der Waals surface area contributed by atoms with Gasteiger partial charge in [0, 0.05) is 13.1 Å². The van der Waals surface area contributed by atoms with Gasteiger partial charge in [-0.3, -0.25) is 14.7 Å². The summed E-state index contributed by atoms with van der Waals surface area (Å²) in [5, 5.41) is 0. The molecule has 202 valence electrons. The third-order valence-corrected chi connectivity index (χ3v) is 7.99. The first kappa shape index (κ1) is 26.3. The van der Waals surface area contributed by atoms with Gasteiger partial charge in [-0.05, 0) is 50.2 Å². The van der Waals surface area contributed by atoms with E-state index in [1.54, 1.807) is 9.80 Å². The fourth-order valence-electron chi connectivity index (χ4n) is 5.96. The van der Waals surface area contributed by atoms with E-state index in [1.807, 2.05) is 67.6 Å². The Hall–Kier alpha value is -3.36. The second-order valence-corrected chi connectivity index (χ2v) is 10.4. The summed E-state index contributed by atoms with van der Waals surface area (Å²) in [6, 6.07) is 19.0. The lowest BCUT2D eigenvalue weighted by molar-refractivity contribution is -0.186. The van der Waals surface area contributed by atoms with Gasteiger partial charge in [0.25, 0.3) is 0 Å². The number of amides is 2. The van der Waals surface area contributed by atoms with Gasteiger partial charge in [-0.2, -0.15) is 13.2 Å². The molecular formula is C29H32F3N3O3. The smallest absolute Gasteiger partial charge is 0.410 e. The number of nitrogens with zero attached hydrogens (tertiary/aromatic N) is 3. The zero-order valence-electron chi connectivity index (χ0n) is 21.3. The number of benzene rings is 2. The first-order valence-corrected chi connectivity index (χ1v) is 13.2. The Kier molecular flexibility index (Phi) is 7.45. The average Bonchev–Trinajstić information content (AvgIpc) is 2.91. The number of carbonyl (C=O) groups excluding carboxylic acids is 2. The molecule has 0 bridgehead atoms. The van der Waals surface area contributed by atoms with E-state index in [2.05, 4.69) is 0 Å². The van der Waals surface area contributed by atoms with Gasteiger partial charge < -0.3 is 9.64 Å². The zero-order valence-corrected chi connectivity index (χ0v) is 21.3. The first-order chi connectivity index (χ1) is 18.2. The number of hydrogen-bond acceptors (Lipinski definition) is 4. The highest BCUT2D eigenvalue weighted by molar-refractivity contribution is 6.01. The van der Waals surface area contributed by atoms with Crippen LogP contribution in [0.4, 0.5) is 18.0 Å². The number of piperidine rings is 1. The summed E-state index contributed by atoms with van der Waals surface area (Å²) < 4.78 is 44.4. The van der Waals surface area contributed by atoms with Gasteiger partial charge in [0.1, 0.15) is 11.9 Å². The number of halogens is 3.